The van der Waals surface area contributed by atoms with E-state index in [-0.39, 0.29) is 24.8 Å². The molecule has 0 aliphatic heterocycles. The second kappa shape index (κ2) is 8.04. The van der Waals surface area contributed by atoms with Crippen molar-refractivity contribution in [3.8, 4) is 11.1 Å². The summed E-state index contributed by atoms with van der Waals surface area (Å²) in [6.45, 7) is 0. The minimum absolute atomic E-state index is 0. The molecule has 0 unspecified atom stereocenters. The van der Waals surface area contributed by atoms with E-state index in [0.717, 1.165) is 6.42 Å². The molecular weight excluding hydrogens is 416 g/mol. The molecule has 0 fully saturated rings. The second-order valence-electron chi connectivity index (χ2n) is 6.16. The summed E-state index contributed by atoms with van der Waals surface area (Å²) in [6.07, 6.45) is 9.16. The Labute approximate surface area is 168 Å². The summed E-state index contributed by atoms with van der Waals surface area (Å²) in [7, 11) is 4.30. The first-order valence-corrected chi connectivity index (χ1v) is 10.2. The first-order valence-electron chi connectivity index (χ1n) is 7.78. The summed E-state index contributed by atoms with van der Waals surface area (Å²) in [5, 5.41) is 0. The number of rotatable bonds is 3. The number of fused-ring (bicyclic) bond motifs is 3. The number of nitrogens with zero attached hydrogens (tertiary/aromatic N) is 1. The van der Waals surface area contributed by atoms with Crippen molar-refractivity contribution in [2.75, 3.05) is 19.0 Å². The zero-order valence-corrected chi connectivity index (χ0v) is 17.8. The predicted octanol–water partition coefficient (Wildman–Crippen LogP) is -2.12. The number of hydrogen-bond donors (Lipinski definition) is 0. The smallest absolute Gasteiger partial charge is 1.00 e. The fourth-order valence-electron chi connectivity index (χ4n) is 3.43. The SMILES string of the molecule is CN(C)c1cc[c]([Zr+2][C]2=CC=CC2)c2c1-c1ccccc1C2.[Cl-].[Cl-]. The van der Waals surface area contributed by atoms with Gasteiger partial charge in [-0.25, -0.2) is 0 Å². The first kappa shape index (κ1) is 19.5. The Balaban J connectivity index is 0.00000104. The number of anilines is 1. The molecule has 0 heterocycles. The van der Waals surface area contributed by atoms with Gasteiger partial charge in [0.15, 0.2) is 0 Å². The number of hydrogen-bond acceptors (Lipinski definition) is 1. The summed E-state index contributed by atoms with van der Waals surface area (Å²) in [5.74, 6) is 0. The monoisotopic (exact) mass is 433 g/mol. The van der Waals surface area contributed by atoms with Crippen LogP contribution in [-0.2, 0) is 29.7 Å². The van der Waals surface area contributed by atoms with Crippen LogP contribution in [0, 0.1) is 0 Å². The van der Waals surface area contributed by atoms with Crippen LogP contribution in [-0.4, -0.2) is 14.1 Å². The van der Waals surface area contributed by atoms with Crippen molar-refractivity contribution in [1.29, 1.82) is 0 Å². The summed E-state index contributed by atoms with van der Waals surface area (Å²) in [6, 6.07) is 13.7. The van der Waals surface area contributed by atoms with Gasteiger partial charge in [-0.1, -0.05) is 0 Å². The second-order valence-corrected chi connectivity index (χ2v) is 9.68. The molecule has 0 amide bonds. The largest absolute Gasteiger partial charge is 1.00 e. The van der Waals surface area contributed by atoms with Crippen LogP contribution in [0.25, 0.3) is 11.1 Å². The van der Waals surface area contributed by atoms with Gasteiger partial charge in [0.1, 0.15) is 0 Å². The topological polar surface area (TPSA) is 3.24 Å². The van der Waals surface area contributed by atoms with Crippen LogP contribution in [0.4, 0.5) is 5.69 Å². The molecule has 0 N–H and O–H groups in total. The number of allylic oxidation sites excluding steroid dienone is 4. The van der Waals surface area contributed by atoms with Gasteiger partial charge in [0.05, 0.1) is 0 Å². The maximum atomic E-state index is 2.41. The van der Waals surface area contributed by atoms with Crippen molar-refractivity contribution >= 4 is 8.96 Å². The van der Waals surface area contributed by atoms with Gasteiger partial charge in [0, 0.05) is 0 Å². The molecule has 122 valence electrons. The van der Waals surface area contributed by atoms with Crippen LogP contribution in [0.3, 0.4) is 0 Å². The Bertz CT molecular complexity index is 809. The third-order valence-corrected chi connectivity index (χ3v) is 8.01. The van der Waals surface area contributed by atoms with Gasteiger partial charge in [-0.15, -0.1) is 0 Å². The average Bonchev–Trinajstić information content (AvgIpc) is 3.14. The standard InChI is InChI=1S/C15H14N.C5H5.2ClH.Zr/c1-16(2)14-9-5-7-12-10-11-6-3-4-8-13(11)15(12)14;1-2-4-5-3-1;;;/h3-6,8-9H,10H2,1-2H3;1-3H,4H2;2*1H;/q;;;;+2/p-2. The molecule has 0 spiro atoms. The number of benzene rings is 2. The molecule has 4 heteroatoms. The molecule has 0 saturated heterocycles. The maximum Gasteiger partial charge on any atom is -1.00 e. The minimum Gasteiger partial charge on any atom is -1.00 e. The molecule has 2 aromatic rings. The van der Waals surface area contributed by atoms with Crippen molar-refractivity contribution in [2.24, 2.45) is 0 Å². The molecule has 0 bridgehead atoms. The summed E-state index contributed by atoms with van der Waals surface area (Å²) in [4.78, 5) is 2.26. The summed E-state index contributed by atoms with van der Waals surface area (Å²) < 4.78 is 3.36. The minimum atomic E-state index is -0.648. The molecule has 0 radical (unpaired) electrons. The molecule has 24 heavy (non-hydrogen) atoms. The zero-order valence-electron chi connectivity index (χ0n) is 13.8. The first-order chi connectivity index (χ1) is 10.7. The van der Waals surface area contributed by atoms with Crippen molar-refractivity contribution in [3.63, 3.8) is 0 Å². The van der Waals surface area contributed by atoms with E-state index in [1.165, 1.54) is 28.8 Å². The molecule has 2 aliphatic rings. The van der Waals surface area contributed by atoms with Gasteiger partial charge < -0.3 is 24.8 Å². The van der Waals surface area contributed by atoms with Crippen molar-refractivity contribution in [3.05, 3.63) is 69.0 Å². The normalized spacial score (nSPS) is 13.2. The van der Waals surface area contributed by atoms with Crippen LogP contribution in [0.15, 0.2) is 57.9 Å². The average molecular weight is 436 g/mol. The van der Waals surface area contributed by atoms with E-state index in [1.54, 1.807) is 12.1 Å². The predicted molar refractivity (Wildman–Crippen MR) is 90.5 cm³/mol. The quantitative estimate of drug-likeness (QED) is 0.455. The molecule has 2 aromatic carbocycles. The van der Waals surface area contributed by atoms with Gasteiger partial charge >= 0.3 is 144 Å². The van der Waals surface area contributed by atoms with Gasteiger partial charge in [0.2, 0.25) is 0 Å². The summed E-state index contributed by atoms with van der Waals surface area (Å²) >= 11 is -0.648. The fraction of sp³-hybridized carbons (Fsp3) is 0.200. The van der Waals surface area contributed by atoms with Crippen LogP contribution in [0.1, 0.15) is 17.5 Å². The Morgan fingerprint density at radius 3 is 2.50 bits per heavy atom. The van der Waals surface area contributed by atoms with E-state index in [2.05, 4.69) is 73.6 Å². The van der Waals surface area contributed by atoms with E-state index in [9.17, 15) is 0 Å². The summed E-state index contributed by atoms with van der Waals surface area (Å²) in [5.41, 5.74) is 7.39. The molecule has 2 aliphatic carbocycles. The molecule has 1 nitrogen and oxygen atoms in total. The van der Waals surface area contributed by atoms with Gasteiger partial charge in [-0.2, -0.15) is 0 Å². The van der Waals surface area contributed by atoms with E-state index >= 15 is 0 Å². The number of halogens is 2. The Morgan fingerprint density at radius 2 is 1.79 bits per heavy atom. The van der Waals surface area contributed by atoms with Crippen molar-refractivity contribution in [2.45, 2.75) is 12.8 Å². The molecule has 0 atom stereocenters. The van der Waals surface area contributed by atoms with Gasteiger partial charge in [0.25, 0.3) is 0 Å². The van der Waals surface area contributed by atoms with Crippen LogP contribution in [0.5, 0.6) is 0 Å². The van der Waals surface area contributed by atoms with E-state index in [4.69, 9.17) is 0 Å². The Hall–Kier alpha value is -0.817. The maximum absolute atomic E-state index is 2.41. The molecule has 0 aromatic heterocycles. The van der Waals surface area contributed by atoms with Crippen LogP contribution >= 0.6 is 0 Å². The molecule has 4 rings (SSSR count). The Morgan fingerprint density at radius 1 is 1.00 bits per heavy atom. The molecule has 0 saturated carbocycles. The van der Waals surface area contributed by atoms with E-state index < -0.39 is 23.2 Å². The van der Waals surface area contributed by atoms with E-state index in [1.807, 2.05) is 0 Å². The van der Waals surface area contributed by atoms with Crippen molar-refractivity contribution in [1.82, 2.24) is 0 Å². The Kier molecular flexibility index (Phi) is 6.54. The third kappa shape index (κ3) is 3.43. The fourth-order valence-corrected chi connectivity index (χ4v) is 6.57. The third-order valence-electron chi connectivity index (χ3n) is 4.49. The van der Waals surface area contributed by atoms with Gasteiger partial charge in [-0.3, -0.25) is 0 Å². The van der Waals surface area contributed by atoms with Gasteiger partial charge in [-0.05, 0) is 0 Å². The van der Waals surface area contributed by atoms with E-state index in [0.29, 0.717) is 0 Å². The zero-order chi connectivity index (χ0) is 15.1. The van der Waals surface area contributed by atoms with Crippen molar-refractivity contribution < 1.29 is 48.0 Å². The van der Waals surface area contributed by atoms with Crippen LogP contribution < -0.4 is 33.0 Å². The molecular formula is C20H19Cl2NZr. The van der Waals surface area contributed by atoms with Crippen LogP contribution in [0.2, 0.25) is 0 Å².